The number of methoxy groups -OCH3 is 1. The summed E-state index contributed by atoms with van der Waals surface area (Å²) in [5.41, 5.74) is 1.37. The average molecular weight is 492 g/mol. The molecular weight excluding hydrogens is 466 g/mol. The topological polar surface area (TPSA) is 97.3 Å². The van der Waals surface area contributed by atoms with Crippen molar-refractivity contribution in [1.82, 2.24) is 24.8 Å². The summed E-state index contributed by atoms with van der Waals surface area (Å²) in [7, 11) is 5.80. The molecule has 1 saturated carbocycles. The lowest BCUT2D eigenvalue weighted by molar-refractivity contribution is -0.204. The second-order valence-electron chi connectivity index (χ2n) is 8.60. The molecule has 2 N–H and O–H groups in total. The number of halogens is 1. The van der Waals surface area contributed by atoms with Crippen LogP contribution in [0.4, 0.5) is 23.4 Å². The number of fused-ring (bicyclic) bond motifs is 1. The molecule has 0 bridgehead atoms. The van der Waals surface area contributed by atoms with Crippen LogP contribution in [0.15, 0.2) is 60.9 Å². The molecule has 1 fully saturated rings. The lowest BCUT2D eigenvalue weighted by Gasteiger charge is -2.50. The van der Waals surface area contributed by atoms with Gasteiger partial charge in [-0.15, -0.1) is 0 Å². The number of hydrogen-bond donors (Lipinski definition) is 2. The molecule has 10 heteroatoms. The molecule has 0 unspecified atom stereocenters. The minimum absolute atomic E-state index is 0.135. The molecule has 0 radical (unpaired) electrons. The zero-order valence-electron chi connectivity index (χ0n) is 19.7. The summed E-state index contributed by atoms with van der Waals surface area (Å²) in [5.74, 6) is 2.25. The third-order valence-electron chi connectivity index (χ3n) is 6.17. The van der Waals surface area contributed by atoms with Gasteiger partial charge in [0.25, 0.3) is 0 Å². The lowest BCUT2D eigenvalue weighted by atomic mass is 9.83. The molecule has 2 heterocycles. The van der Waals surface area contributed by atoms with E-state index in [2.05, 4.69) is 35.5 Å². The molecular formula is C25H26ClN7O2. The number of nitrogens with zero attached hydrogens (tertiary/aromatic N) is 5. The largest absolute Gasteiger partial charge is 0.490 e. The lowest BCUT2D eigenvalue weighted by Crippen LogP contribution is -2.59. The summed E-state index contributed by atoms with van der Waals surface area (Å²) < 4.78 is 11.8. The first kappa shape index (κ1) is 23.2. The Balaban J connectivity index is 1.20. The number of benzene rings is 2. The Morgan fingerprint density at radius 2 is 1.74 bits per heavy atom. The van der Waals surface area contributed by atoms with Crippen LogP contribution in [0.3, 0.4) is 0 Å². The number of anilines is 4. The number of aromatic nitrogens is 4. The molecule has 0 saturated heterocycles. The van der Waals surface area contributed by atoms with Crippen LogP contribution in [-0.2, 0) is 4.74 Å². The van der Waals surface area contributed by atoms with Crippen molar-refractivity contribution in [2.75, 3.05) is 31.8 Å². The maximum atomic E-state index is 6.20. The van der Waals surface area contributed by atoms with Crippen molar-refractivity contribution in [1.29, 1.82) is 0 Å². The van der Waals surface area contributed by atoms with Gasteiger partial charge in [-0.1, -0.05) is 17.7 Å². The minimum atomic E-state index is -0.229. The van der Waals surface area contributed by atoms with Crippen molar-refractivity contribution in [2.45, 2.75) is 24.7 Å². The van der Waals surface area contributed by atoms with E-state index < -0.39 is 0 Å². The van der Waals surface area contributed by atoms with Gasteiger partial charge in [0.2, 0.25) is 11.9 Å². The molecule has 180 valence electrons. The van der Waals surface area contributed by atoms with Gasteiger partial charge < -0.3 is 20.1 Å². The summed E-state index contributed by atoms with van der Waals surface area (Å²) >= 11 is 6.20. The first-order valence-electron chi connectivity index (χ1n) is 11.2. The molecule has 1 aliphatic rings. The molecule has 0 aliphatic heterocycles. The van der Waals surface area contributed by atoms with Crippen molar-refractivity contribution < 1.29 is 9.47 Å². The highest BCUT2D eigenvalue weighted by Gasteiger charge is 2.48. The number of ether oxygens (including phenoxy) is 2. The molecule has 9 nitrogen and oxygen atoms in total. The Morgan fingerprint density at radius 1 is 0.971 bits per heavy atom. The van der Waals surface area contributed by atoms with Gasteiger partial charge in [-0.2, -0.15) is 4.98 Å². The van der Waals surface area contributed by atoms with Gasteiger partial charge in [-0.05, 0) is 56.6 Å². The fourth-order valence-electron chi connectivity index (χ4n) is 4.07. The standard InChI is InChI=1S/C25H26ClN7O2/c1-33(2)25(34-3)13-18(14-25)35-17-9-7-16(8-10-17)29-23-27-12-11-22(31-23)32-24-28-15-19-20(26)5-4-6-21(19)30-24/h4-12,15,18H,13-14H2,1-3H3,(H2,27,28,29,30,31,32). The van der Waals surface area contributed by atoms with Crippen LogP contribution in [0.5, 0.6) is 5.75 Å². The smallest absolute Gasteiger partial charge is 0.229 e. The van der Waals surface area contributed by atoms with Gasteiger partial charge in [-0.25, -0.2) is 15.0 Å². The highest BCUT2D eigenvalue weighted by atomic mass is 35.5. The van der Waals surface area contributed by atoms with E-state index in [1.54, 1.807) is 25.6 Å². The molecule has 35 heavy (non-hydrogen) atoms. The van der Waals surface area contributed by atoms with Gasteiger partial charge in [0, 0.05) is 43.4 Å². The Morgan fingerprint density at radius 3 is 2.49 bits per heavy atom. The summed E-state index contributed by atoms with van der Waals surface area (Å²) in [6, 6.07) is 15.0. The molecule has 0 spiro atoms. The first-order chi connectivity index (χ1) is 16.9. The van der Waals surface area contributed by atoms with Crippen molar-refractivity contribution in [3.05, 3.63) is 65.9 Å². The van der Waals surface area contributed by atoms with Crippen LogP contribution >= 0.6 is 11.6 Å². The van der Waals surface area contributed by atoms with Gasteiger partial charge in [-0.3, -0.25) is 4.90 Å². The summed E-state index contributed by atoms with van der Waals surface area (Å²) in [5, 5.41) is 7.74. The predicted octanol–water partition coefficient (Wildman–Crippen LogP) is 5.01. The van der Waals surface area contributed by atoms with Crippen molar-refractivity contribution >= 4 is 45.9 Å². The van der Waals surface area contributed by atoms with E-state index in [9.17, 15) is 0 Å². The molecule has 2 aromatic heterocycles. The van der Waals surface area contributed by atoms with Gasteiger partial charge in [0.05, 0.1) is 10.5 Å². The molecule has 1 aliphatic carbocycles. The zero-order valence-corrected chi connectivity index (χ0v) is 20.5. The molecule has 2 aromatic carbocycles. The molecule has 5 rings (SSSR count). The van der Waals surface area contributed by atoms with Crippen molar-refractivity contribution in [3.63, 3.8) is 0 Å². The van der Waals surface area contributed by atoms with E-state index >= 15 is 0 Å². The van der Waals surface area contributed by atoms with Gasteiger partial charge in [0.1, 0.15) is 23.4 Å². The van der Waals surface area contributed by atoms with Crippen LogP contribution < -0.4 is 15.4 Å². The quantitative estimate of drug-likeness (QED) is 0.330. The van der Waals surface area contributed by atoms with Crippen LogP contribution in [0.1, 0.15) is 12.8 Å². The normalized spacial score (nSPS) is 19.4. The highest BCUT2D eigenvalue weighted by Crippen LogP contribution is 2.39. The third-order valence-corrected chi connectivity index (χ3v) is 6.50. The van der Waals surface area contributed by atoms with Gasteiger partial charge in [0.15, 0.2) is 0 Å². The second-order valence-corrected chi connectivity index (χ2v) is 9.01. The first-order valence-corrected chi connectivity index (χ1v) is 11.6. The molecule has 4 aromatic rings. The number of nitrogens with one attached hydrogen (secondary N) is 2. The van der Waals surface area contributed by atoms with E-state index in [0.717, 1.165) is 35.2 Å². The van der Waals surface area contributed by atoms with E-state index in [1.807, 2.05) is 56.6 Å². The maximum Gasteiger partial charge on any atom is 0.229 e. The van der Waals surface area contributed by atoms with E-state index in [-0.39, 0.29) is 11.8 Å². The monoisotopic (exact) mass is 491 g/mol. The van der Waals surface area contributed by atoms with Crippen LogP contribution in [-0.4, -0.2) is 57.9 Å². The van der Waals surface area contributed by atoms with Crippen molar-refractivity contribution in [3.8, 4) is 5.75 Å². The zero-order chi connectivity index (χ0) is 24.4. The highest BCUT2D eigenvalue weighted by molar-refractivity contribution is 6.35. The Hall–Kier alpha value is -3.53. The fourth-order valence-corrected chi connectivity index (χ4v) is 4.29. The van der Waals surface area contributed by atoms with E-state index in [4.69, 9.17) is 21.1 Å². The van der Waals surface area contributed by atoms with Gasteiger partial charge >= 0.3 is 0 Å². The van der Waals surface area contributed by atoms with E-state index in [1.165, 1.54) is 0 Å². The van der Waals surface area contributed by atoms with Crippen LogP contribution in [0, 0.1) is 0 Å². The Bertz CT molecular complexity index is 1330. The second kappa shape index (κ2) is 9.61. The summed E-state index contributed by atoms with van der Waals surface area (Å²) in [6.45, 7) is 0. The van der Waals surface area contributed by atoms with Crippen LogP contribution in [0.2, 0.25) is 5.02 Å². The maximum absolute atomic E-state index is 6.20. The average Bonchev–Trinajstić information content (AvgIpc) is 2.82. The molecule has 0 amide bonds. The number of hydrogen-bond acceptors (Lipinski definition) is 9. The Kier molecular flexibility index (Phi) is 6.38. The van der Waals surface area contributed by atoms with E-state index in [0.29, 0.717) is 22.7 Å². The predicted molar refractivity (Wildman–Crippen MR) is 137 cm³/mol. The fraction of sp³-hybridized carbons (Fsp3) is 0.280. The molecule has 0 atom stereocenters. The van der Waals surface area contributed by atoms with Crippen molar-refractivity contribution in [2.24, 2.45) is 0 Å². The SMILES string of the molecule is COC1(N(C)C)CC(Oc2ccc(Nc3nccc(Nc4ncc5c(Cl)cccc5n4)n3)cc2)C1. The number of rotatable bonds is 8. The third kappa shape index (κ3) is 4.97. The summed E-state index contributed by atoms with van der Waals surface area (Å²) in [4.78, 5) is 19.7. The Labute approximate surface area is 208 Å². The van der Waals surface area contributed by atoms with Crippen LogP contribution in [0.25, 0.3) is 10.9 Å². The minimum Gasteiger partial charge on any atom is -0.490 e. The summed E-state index contributed by atoms with van der Waals surface area (Å²) in [6.07, 6.45) is 5.15.